The number of rotatable bonds is 5. The molecule has 3 aromatic rings. The molecule has 0 bridgehead atoms. The van der Waals surface area contributed by atoms with Crippen molar-refractivity contribution in [1.29, 1.82) is 0 Å². The fourth-order valence-electron chi connectivity index (χ4n) is 2.34. The molecule has 3 rings (SSSR count). The van der Waals surface area contributed by atoms with Crippen molar-refractivity contribution in [3.8, 4) is 5.75 Å². The highest BCUT2D eigenvalue weighted by Gasteiger charge is 2.13. The first-order valence-corrected chi connectivity index (χ1v) is 8.43. The van der Waals surface area contributed by atoms with Crippen LogP contribution in [0.15, 0.2) is 66.7 Å². The van der Waals surface area contributed by atoms with Crippen LogP contribution in [-0.4, -0.2) is 23.9 Å². The van der Waals surface area contributed by atoms with Gasteiger partial charge in [0.05, 0.1) is 12.1 Å². The van der Waals surface area contributed by atoms with Crippen molar-refractivity contribution < 1.29 is 14.3 Å². The van der Waals surface area contributed by atoms with Crippen LogP contribution < -0.4 is 15.4 Å². The van der Waals surface area contributed by atoms with Crippen molar-refractivity contribution in [2.45, 2.75) is 0 Å². The zero-order chi connectivity index (χ0) is 19.2. The molecule has 0 radical (unpaired) electrons. The highest BCUT2D eigenvalue weighted by Crippen LogP contribution is 2.27. The van der Waals surface area contributed by atoms with Crippen molar-refractivity contribution in [3.05, 3.63) is 83.1 Å². The number of aromatic nitrogens is 1. The number of pyridine rings is 1. The summed E-state index contributed by atoms with van der Waals surface area (Å²) in [6, 6.07) is 18.6. The number of hydrogen-bond donors (Lipinski definition) is 2. The van der Waals surface area contributed by atoms with Crippen LogP contribution in [0, 0.1) is 0 Å². The van der Waals surface area contributed by atoms with Gasteiger partial charge in [-0.15, -0.1) is 0 Å². The van der Waals surface area contributed by atoms with E-state index in [0.717, 1.165) is 0 Å². The number of carbonyl (C=O) groups excluding carboxylic acids is 2. The van der Waals surface area contributed by atoms with E-state index in [1.807, 2.05) is 18.2 Å². The van der Waals surface area contributed by atoms with E-state index in [1.54, 1.807) is 42.5 Å². The van der Waals surface area contributed by atoms with Gasteiger partial charge < -0.3 is 15.4 Å². The van der Waals surface area contributed by atoms with E-state index in [4.69, 9.17) is 16.3 Å². The van der Waals surface area contributed by atoms with Gasteiger partial charge in [0, 0.05) is 11.4 Å². The summed E-state index contributed by atoms with van der Waals surface area (Å²) in [6.07, 6.45) is 0. The van der Waals surface area contributed by atoms with Crippen molar-refractivity contribution in [3.63, 3.8) is 0 Å². The molecule has 0 atom stereocenters. The van der Waals surface area contributed by atoms with Gasteiger partial charge in [0.25, 0.3) is 11.8 Å². The van der Waals surface area contributed by atoms with Crippen LogP contribution in [0.25, 0.3) is 0 Å². The molecule has 1 heterocycles. The third-order valence-corrected chi connectivity index (χ3v) is 3.95. The van der Waals surface area contributed by atoms with E-state index in [9.17, 15) is 9.59 Å². The average Bonchev–Trinajstić information content (AvgIpc) is 2.69. The Balaban J connectivity index is 1.73. The average molecular weight is 382 g/mol. The largest absolute Gasteiger partial charge is 0.495 e. The summed E-state index contributed by atoms with van der Waals surface area (Å²) in [5, 5.41) is 5.80. The Morgan fingerprint density at radius 3 is 2.07 bits per heavy atom. The third kappa shape index (κ3) is 4.62. The van der Waals surface area contributed by atoms with Crippen molar-refractivity contribution >= 4 is 34.8 Å². The quantitative estimate of drug-likeness (QED) is 0.692. The van der Waals surface area contributed by atoms with Gasteiger partial charge in [0.1, 0.15) is 17.1 Å². The minimum Gasteiger partial charge on any atom is -0.495 e. The highest BCUT2D eigenvalue weighted by molar-refractivity contribution is 6.32. The van der Waals surface area contributed by atoms with E-state index in [1.165, 1.54) is 13.2 Å². The Morgan fingerprint density at radius 2 is 1.48 bits per heavy atom. The van der Waals surface area contributed by atoms with E-state index >= 15 is 0 Å². The second kappa shape index (κ2) is 8.33. The summed E-state index contributed by atoms with van der Waals surface area (Å²) in [5.74, 6) is -0.346. The first kappa shape index (κ1) is 18.4. The van der Waals surface area contributed by atoms with Gasteiger partial charge in [-0.25, -0.2) is 4.98 Å². The predicted molar refractivity (Wildman–Crippen MR) is 105 cm³/mol. The molecular weight excluding hydrogens is 366 g/mol. The number of halogens is 1. The van der Waals surface area contributed by atoms with E-state index in [0.29, 0.717) is 22.1 Å². The summed E-state index contributed by atoms with van der Waals surface area (Å²) < 4.78 is 5.08. The molecule has 7 heteroatoms. The number of hydrogen-bond acceptors (Lipinski definition) is 4. The Bertz CT molecular complexity index is 977. The van der Waals surface area contributed by atoms with Gasteiger partial charge in [-0.1, -0.05) is 35.9 Å². The maximum atomic E-state index is 12.4. The fourth-order valence-corrected chi connectivity index (χ4v) is 2.60. The number of ether oxygens (including phenoxy) is 1. The molecule has 2 N–H and O–H groups in total. The van der Waals surface area contributed by atoms with Gasteiger partial charge in [-0.3, -0.25) is 9.59 Å². The molecular formula is C20H16ClN3O3. The Hall–Kier alpha value is -3.38. The van der Waals surface area contributed by atoms with Crippen LogP contribution in [0.4, 0.5) is 11.4 Å². The minimum atomic E-state index is -0.453. The zero-order valence-electron chi connectivity index (χ0n) is 14.4. The number of para-hydroxylation sites is 1. The summed E-state index contributed by atoms with van der Waals surface area (Å²) in [5.41, 5.74) is 1.39. The van der Waals surface area contributed by atoms with Gasteiger partial charge in [-0.2, -0.15) is 0 Å². The highest BCUT2D eigenvalue weighted by atomic mass is 35.5. The fraction of sp³-hybridized carbons (Fsp3) is 0.0500. The molecule has 136 valence electrons. The van der Waals surface area contributed by atoms with Gasteiger partial charge >= 0.3 is 0 Å². The number of anilines is 2. The second-order valence-corrected chi connectivity index (χ2v) is 5.94. The molecule has 1 aromatic heterocycles. The molecule has 2 aromatic carbocycles. The topological polar surface area (TPSA) is 80.3 Å². The van der Waals surface area contributed by atoms with Crippen molar-refractivity contribution in [2.75, 3.05) is 17.7 Å². The normalized spacial score (nSPS) is 10.1. The molecule has 2 amide bonds. The summed E-state index contributed by atoms with van der Waals surface area (Å²) >= 11 is 6.06. The van der Waals surface area contributed by atoms with Crippen LogP contribution in [0.2, 0.25) is 5.02 Å². The first-order chi connectivity index (χ1) is 13.1. The van der Waals surface area contributed by atoms with Crippen LogP contribution >= 0.6 is 11.6 Å². The van der Waals surface area contributed by atoms with E-state index in [-0.39, 0.29) is 11.4 Å². The number of nitrogens with zero attached hydrogens (tertiary/aromatic N) is 1. The van der Waals surface area contributed by atoms with Gasteiger partial charge in [-0.05, 0) is 42.5 Å². The molecule has 0 saturated carbocycles. The summed E-state index contributed by atoms with van der Waals surface area (Å²) in [4.78, 5) is 28.9. The molecule has 6 nitrogen and oxygen atoms in total. The smallest absolute Gasteiger partial charge is 0.274 e. The number of nitrogens with one attached hydrogen (secondary N) is 2. The Labute approximate surface area is 161 Å². The lowest BCUT2D eigenvalue weighted by atomic mass is 10.2. The lowest BCUT2D eigenvalue weighted by Gasteiger charge is -2.09. The first-order valence-electron chi connectivity index (χ1n) is 8.05. The standard InChI is InChI=1S/C20H16ClN3O3/c1-27-18-11-10-14(12-15(18)21)23-20(26)17-9-5-8-16(24-17)19(25)22-13-6-3-2-4-7-13/h2-12H,1H3,(H,22,25)(H,23,26). The molecule has 0 unspecified atom stereocenters. The molecule has 0 aliphatic rings. The van der Waals surface area contributed by atoms with Crippen LogP contribution in [0.5, 0.6) is 5.75 Å². The Morgan fingerprint density at radius 1 is 0.852 bits per heavy atom. The Kier molecular flexibility index (Phi) is 5.68. The summed E-state index contributed by atoms with van der Waals surface area (Å²) in [7, 11) is 1.51. The van der Waals surface area contributed by atoms with Crippen molar-refractivity contribution in [2.24, 2.45) is 0 Å². The number of amides is 2. The maximum absolute atomic E-state index is 12.4. The minimum absolute atomic E-state index is 0.114. The molecule has 0 aliphatic carbocycles. The van der Waals surface area contributed by atoms with Crippen LogP contribution in [0.1, 0.15) is 21.0 Å². The molecule has 27 heavy (non-hydrogen) atoms. The van der Waals surface area contributed by atoms with Crippen LogP contribution in [0.3, 0.4) is 0 Å². The summed E-state index contributed by atoms with van der Waals surface area (Å²) in [6.45, 7) is 0. The zero-order valence-corrected chi connectivity index (χ0v) is 15.2. The lowest BCUT2D eigenvalue weighted by Crippen LogP contribution is -2.18. The SMILES string of the molecule is COc1ccc(NC(=O)c2cccc(C(=O)Nc3ccccc3)n2)cc1Cl. The number of methoxy groups -OCH3 is 1. The third-order valence-electron chi connectivity index (χ3n) is 3.66. The second-order valence-electron chi connectivity index (χ2n) is 5.53. The lowest BCUT2D eigenvalue weighted by molar-refractivity contribution is 0.101. The molecule has 0 saturated heterocycles. The monoisotopic (exact) mass is 381 g/mol. The van der Waals surface area contributed by atoms with Gasteiger partial charge in [0.2, 0.25) is 0 Å². The molecule has 0 spiro atoms. The molecule has 0 aliphatic heterocycles. The van der Waals surface area contributed by atoms with Crippen LogP contribution in [-0.2, 0) is 0 Å². The van der Waals surface area contributed by atoms with Crippen molar-refractivity contribution in [1.82, 2.24) is 4.98 Å². The number of benzene rings is 2. The predicted octanol–water partition coefficient (Wildman–Crippen LogP) is 4.25. The van der Waals surface area contributed by atoms with E-state index < -0.39 is 11.8 Å². The van der Waals surface area contributed by atoms with E-state index in [2.05, 4.69) is 15.6 Å². The van der Waals surface area contributed by atoms with Gasteiger partial charge in [0.15, 0.2) is 0 Å². The number of carbonyl (C=O) groups is 2. The maximum Gasteiger partial charge on any atom is 0.274 e. The molecule has 0 fully saturated rings.